The number of amidine groups is 1. The van der Waals surface area contributed by atoms with E-state index >= 15 is 0 Å². The highest BCUT2D eigenvalue weighted by Crippen LogP contribution is 2.18. The number of urea groups is 1. The number of rotatable bonds is 6. The van der Waals surface area contributed by atoms with Gasteiger partial charge < -0.3 is 26.4 Å². The highest BCUT2D eigenvalue weighted by molar-refractivity contribution is 6.05. The topological polar surface area (TPSA) is 129 Å². The first-order valence-corrected chi connectivity index (χ1v) is 9.02. The summed E-state index contributed by atoms with van der Waals surface area (Å²) in [4.78, 5) is 24.7. The average molecular weight is 403 g/mol. The number of nitrogen functional groups attached to an aromatic ring is 1. The lowest BCUT2D eigenvalue weighted by atomic mass is 10.2. The molecule has 6 N–H and O–H groups in total. The van der Waals surface area contributed by atoms with Crippen LogP contribution in [-0.4, -0.2) is 24.9 Å². The lowest BCUT2D eigenvalue weighted by molar-refractivity contribution is 0.102. The third kappa shape index (κ3) is 5.35. The van der Waals surface area contributed by atoms with E-state index in [-0.39, 0.29) is 11.7 Å². The van der Waals surface area contributed by atoms with Crippen molar-refractivity contribution in [1.29, 1.82) is 5.41 Å². The van der Waals surface area contributed by atoms with Crippen molar-refractivity contribution >= 4 is 34.8 Å². The van der Waals surface area contributed by atoms with Gasteiger partial charge in [-0.25, -0.2) is 4.79 Å². The Labute approximate surface area is 173 Å². The SMILES string of the molecule is COc1ccc(C(=O)Nc2cccc(NC(=O)Nc3cccc(C(=N)N)c3)c2)cc1. The van der Waals surface area contributed by atoms with Crippen molar-refractivity contribution < 1.29 is 14.3 Å². The molecular formula is C22H21N5O3. The fourth-order valence-electron chi connectivity index (χ4n) is 2.68. The van der Waals surface area contributed by atoms with E-state index in [0.29, 0.717) is 33.9 Å². The zero-order chi connectivity index (χ0) is 21.5. The van der Waals surface area contributed by atoms with E-state index in [1.54, 1.807) is 79.9 Å². The molecule has 0 aliphatic rings. The number of anilines is 3. The molecule has 0 radical (unpaired) electrons. The number of hydrogen-bond acceptors (Lipinski definition) is 4. The van der Waals surface area contributed by atoms with Crippen molar-refractivity contribution in [3.63, 3.8) is 0 Å². The van der Waals surface area contributed by atoms with Crippen molar-refractivity contribution in [3.05, 3.63) is 83.9 Å². The van der Waals surface area contributed by atoms with Crippen LogP contribution in [0.3, 0.4) is 0 Å². The number of nitrogens with one attached hydrogen (secondary N) is 4. The summed E-state index contributed by atoms with van der Waals surface area (Å²) in [5.74, 6) is 0.303. The molecule has 8 nitrogen and oxygen atoms in total. The van der Waals surface area contributed by atoms with Gasteiger partial charge in [-0.05, 0) is 54.6 Å². The van der Waals surface area contributed by atoms with Gasteiger partial charge in [0.05, 0.1) is 7.11 Å². The van der Waals surface area contributed by atoms with E-state index in [2.05, 4.69) is 16.0 Å². The molecular weight excluding hydrogens is 382 g/mol. The maximum absolute atomic E-state index is 12.4. The molecule has 152 valence electrons. The molecule has 30 heavy (non-hydrogen) atoms. The minimum Gasteiger partial charge on any atom is -0.497 e. The highest BCUT2D eigenvalue weighted by atomic mass is 16.5. The van der Waals surface area contributed by atoms with Gasteiger partial charge in [0.15, 0.2) is 0 Å². The Bertz CT molecular complexity index is 1080. The van der Waals surface area contributed by atoms with E-state index in [0.717, 1.165) is 0 Å². The number of hydrogen-bond donors (Lipinski definition) is 5. The molecule has 0 bridgehead atoms. The molecule has 0 fully saturated rings. The first kappa shape index (κ1) is 20.4. The van der Waals surface area contributed by atoms with Gasteiger partial charge >= 0.3 is 6.03 Å². The summed E-state index contributed by atoms with van der Waals surface area (Å²) in [6.45, 7) is 0. The quantitative estimate of drug-likeness (QED) is 0.316. The van der Waals surface area contributed by atoms with Crippen LogP contribution in [0.25, 0.3) is 0 Å². The molecule has 0 spiro atoms. The first-order valence-electron chi connectivity index (χ1n) is 9.02. The highest BCUT2D eigenvalue weighted by Gasteiger charge is 2.08. The van der Waals surface area contributed by atoms with Gasteiger partial charge in [-0.1, -0.05) is 18.2 Å². The second kappa shape index (κ2) is 9.24. The van der Waals surface area contributed by atoms with E-state index in [4.69, 9.17) is 15.9 Å². The molecule has 0 heterocycles. The van der Waals surface area contributed by atoms with E-state index in [9.17, 15) is 9.59 Å². The van der Waals surface area contributed by atoms with Crippen molar-refractivity contribution in [1.82, 2.24) is 0 Å². The standard InChI is InChI=1S/C22H21N5O3/c1-30-19-10-8-14(9-11-19)21(28)25-17-6-3-7-18(13-17)27-22(29)26-16-5-2-4-15(12-16)20(23)24/h2-13H,1H3,(H3,23,24)(H,25,28)(H2,26,27,29). The fraction of sp³-hybridized carbons (Fsp3) is 0.0455. The number of nitrogens with two attached hydrogens (primary N) is 1. The van der Waals surface area contributed by atoms with Gasteiger partial charge in [-0.3, -0.25) is 10.2 Å². The summed E-state index contributed by atoms with van der Waals surface area (Å²) in [6.07, 6.45) is 0. The Balaban J connectivity index is 1.63. The third-order valence-electron chi connectivity index (χ3n) is 4.16. The van der Waals surface area contributed by atoms with E-state index < -0.39 is 6.03 Å². The summed E-state index contributed by atoms with van der Waals surface area (Å²) in [7, 11) is 1.56. The van der Waals surface area contributed by atoms with E-state index in [1.165, 1.54) is 0 Å². The predicted octanol–water partition coefficient (Wildman–Crippen LogP) is 3.88. The lowest BCUT2D eigenvalue weighted by Crippen LogP contribution is -2.20. The molecule has 0 atom stereocenters. The summed E-state index contributed by atoms with van der Waals surface area (Å²) < 4.78 is 5.09. The normalized spacial score (nSPS) is 10.0. The van der Waals surface area contributed by atoms with Gasteiger partial charge in [0.25, 0.3) is 5.91 Å². The van der Waals surface area contributed by atoms with Gasteiger partial charge in [-0.2, -0.15) is 0 Å². The molecule has 0 saturated carbocycles. The monoisotopic (exact) mass is 403 g/mol. The molecule has 3 rings (SSSR count). The smallest absolute Gasteiger partial charge is 0.323 e. The molecule has 0 aliphatic heterocycles. The number of amides is 3. The first-order chi connectivity index (χ1) is 14.4. The number of carbonyl (C=O) groups excluding carboxylic acids is 2. The Hall–Kier alpha value is -4.33. The van der Waals surface area contributed by atoms with Crippen LogP contribution in [0, 0.1) is 5.41 Å². The Kier molecular flexibility index (Phi) is 6.29. The summed E-state index contributed by atoms with van der Waals surface area (Å²) in [5, 5.41) is 15.6. The van der Waals surface area contributed by atoms with Crippen LogP contribution in [0.4, 0.5) is 21.9 Å². The zero-order valence-electron chi connectivity index (χ0n) is 16.2. The Morgan fingerprint density at radius 1 is 0.800 bits per heavy atom. The Morgan fingerprint density at radius 3 is 1.97 bits per heavy atom. The average Bonchev–Trinajstić information content (AvgIpc) is 2.74. The van der Waals surface area contributed by atoms with Crippen LogP contribution >= 0.6 is 0 Å². The second-order valence-corrected chi connectivity index (χ2v) is 6.34. The van der Waals surface area contributed by atoms with Gasteiger partial charge in [-0.15, -0.1) is 0 Å². The van der Waals surface area contributed by atoms with Crippen molar-refractivity contribution in [2.24, 2.45) is 5.73 Å². The molecule has 0 unspecified atom stereocenters. The maximum atomic E-state index is 12.4. The predicted molar refractivity (Wildman–Crippen MR) is 117 cm³/mol. The van der Waals surface area contributed by atoms with Crippen LogP contribution in [0.15, 0.2) is 72.8 Å². The number of benzene rings is 3. The molecule has 0 aromatic heterocycles. The summed E-state index contributed by atoms with van der Waals surface area (Å²) in [5.41, 5.74) is 8.00. The second-order valence-electron chi connectivity index (χ2n) is 6.34. The van der Waals surface area contributed by atoms with Crippen LogP contribution in [0.2, 0.25) is 0 Å². The van der Waals surface area contributed by atoms with Crippen LogP contribution in [0.1, 0.15) is 15.9 Å². The van der Waals surface area contributed by atoms with Gasteiger partial charge in [0.1, 0.15) is 11.6 Å². The largest absolute Gasteiger partial charge is 0.497 e. The van der Waals surface area contributed by atoms with Crippen molar-refractivity contribution in [2.75, 3.05) is 23.1 Å². The minimum absolute atomic E-state index is 0.0839. The zero-order valence-corrected chi connectivity index (χ0v) is 16.2. The third-order valence-corrected chi connectivity index (χ3v) is 4.16. The number of ether oxygens (including phenoxy) is 1. The maximum Gasteiger partial charge on any atom is 0.323 e. The van der Waals surface area contributed by atoms with Crippen molar-refractivity contribution in [3.8, 4) is 5.75 Å². The van der Waals surface area contributed by atoms with Gasteiger partial charge in [0, 0.05) is 28.2 Å². The fourth-order valence-corrected chi connectivity index (χ4v) is 2.68. The molecule has 8 heteroatoms. The summed E-state index contributed by atoms with van der Waals surface area (Å²) >= 11 is 0. The molecule has 0 saturated heterocycles. The number of carbonyl (C=O) groups is 2. The molecule has 3 amide bonds. The lowest BCUT2D eigenvalue weighted by Gasteiger charge is -2.11. The van der Waals surface area contributed by atoms with Crippen LogP contribution in [-0.2, 0) is 0 Å². The molecule has 3 aromatic carbocycles. The minimum atomic E-state index is -0.464. The molecule has 3 aromatic rings. The van der Waals surface area contributed by atoms with Crippen LogP contribution < -0.4 is 26.4 Å². The Morgan fingerprint density at radius 2 is 1.37 bits per heavy atom. The molecule has 0 aliphatic carbocycles. The van der Waals surface area contributed by atoms with Crippen LogP contribution in [0.5, 0.6) is 5.75 Å². The van der Waals surface area contributed by atoms with E-state index in [1.807, 2.05) is 0 Å². The number of methoxy groups -OCH3 is 1. The van der Waals surface area contributed by atoms with Gasteiger partial charge in [0.2, 0.25) is 0 Å². The van der Waals surface area contributed by atoms with Crippen molar-refractivity contribution in [2.45, 2.75) is 0 Å². The summed E-state index contributed by atoms with van der Waals surface area (Å²) in [6, 6.07) is 19.7.